The first kappa shape index (κ1) is 14.3. The van der Waals surface area contributed by atoms with Crippen molar-refractivity contribution in [2.24, 2.45) is 5.73 Å². The maximum Gasteiger partial charge on any atom is 0.137 e. The summed E-state index contributed by atoms with van der Waals surface area (Å²) in [5, 5.41) is 0. The molecule has 3 N–H and O–H groups in total. The Labute approximate surface area is 125 Å². The quantitative estimate of drug-likeness (QED) is 0.872. The van der Waals surface area contributed by atoms with E-state index in [9.17, 15) is 0 Å². The van der Waals surface area contributed by atoms with Gasteiger partial charge in [0, 0.05) is 43.5 Å². The number of imidazole rings is 1. The lowest BCUT2D eigenvalue weighted by atomic mass is 10.1. The zero-order valence-corrected chi connectivity index (χ0v) is 12.2. The number of ether oxygens (including phenoxy) is 1. The molecule has 1 aromatic carbocycles. The maximum atomic E-state index is 5.56. The molecule has 1 aromatic heterocycles. The maximum absolute atomic E-state index is 5.56. The van der Waals surface area contributed by atoms with E-state index in [4.69, 9.17) is 10.5 Å². The zero-order valence-electron chi connectivity index (χ0n) is 12.2. The minimum Gasteiger partial charge on any atom is -0.379 e. The van der Waals surface area contributed by atoms with Crippen LogP contribution in [0.5, 0.6) is 0 Å². The smallest absolute Gasteiger partial charge is 0.137 e. The lowest BCUT2D eigenvalue weighted by Crippen LogP contribution is -2.35. The number of benzene rings is 1. The van der Waals surface area contributed by atoms with Crippen molar-refractivity contribution in [3.8, 4) is 11.4 Å². The van der Waals surface area contributed by atoms with Crippen molar-refractivity contribution >= 4 is 0 Å². The van der Waals surface area contributed by atoms with Crippen LogP contribution in [0, 0.1) is 0 Å². The molecular weight excluding hydrogens is 264 g/mol. The topological polar surface area (TPSA) is 67.2 Å². The number of nitrogens with one attached hydrogen (secondary N) is 1. The van der Waals surface area contributed by atoms with Gasteiger partial charge in [0.05, 0.1) is 13.2 Å². The van der Waals surface area contributed by atoms with Crippen LogP contribution in [0.25, 0.3) is 11.4 Å². The van der Waals surface area contributed by atoms with E-state index in [0.717, 1.165) is 56.4 Å². The van der Waals surface area contributed by atoms with Crippen LogP contribution in [-0.4, -0.2) is 47.7 Å². The molecule has 1 fully saturated rings. The molecule has 0 atom stereocenters. The van der Waals surface area contributed by atoms with E-state index >= 15 is 0 Å². The van der Waals surface area contributed by atoms with E-state index in [2.05, 4.69) is 39.1 Å². The van der Waals surface area contributed by atoms with Gasteiger partial charge >= 0.3 is 0 Å². The van der Waals surface area contributed by atoms with Crippen molar-refractivity contribution in [1.29, 1.82) is 0 Å². The van der Waals surface area contributed by atoms with Gasteiger partial charge in [0.25, 0.3) is 0 Å². The first-order valence-electron chi connectivity index (χ1n) is 7.48. The predicted molar refractivity (Wildman–Crippen MR) is 82.9 cm³/mol. The Hall–Kier alpha value is -1.69. The van der Waals surface area contributed by atoms with Gasteiger partial charge in [-0.1, -0.05) is 24.3 Å². The second-order valence-electron chi connectivity index (χ2n) is 5.38. The largest absolute Gasteiger partial charge is 0.379 e. The van der Waals surface area contributed by atoms with Gasteiger partial charge < -0.3 is 15.5 Å². The molecule has 0 aliphatic carbocycles. The normalized spacial score (nSPS) is 16.2. The van der Waals surface area contributed by atoms with Gasteiger partial charge in [-0.15, -0.1) is 0 Å². The number of nitrogens with zero attached hydrogens (tertiary/aromatic N) is 2. The van der Waals surface area contributed by atoms with Gasteiger partial charge in [-0.3, -0.25) is 4.90 Å². The second kappa shape index (κ2) is 6.85. The van der Waals surface area contributed by atoms with Crippen LogP contribution >= 0.6 is 0 Å². The van der Waals surface area contributed by atoms with E-state index in [1.807, 2.05) is 6.20 Å². The van der Waals surface area contributed by atoms with Crippen molar-refractivity contribution in [2.75, 3.05) is 32.8 Å². The molecule has 0 radical (unpaired) electrons. The van der Waals surface area contributed by atoms with Crippen LogP contribution in [0.2, 0.25) is 0 Å². The molecule has 3 rings (SSSR count). The van der Waals surface area contributed by atoms with Crippen molar-refractivity contribution in [3.63, 3.8) is 0 Å². The summed E-state index contributed by atoms with van der Waals surface area (Å²) in [5.41, 5.74) is 9.09. The molecule has 0 spiro atoms. The van der Waals surface area contributed by atoms with Crippen LogP contribution in [-0.2, 0) is 17.7 Å². The highest BCUT2D eigenvalue weighted by Gasteiger charge is 2.11. The third-order valence-electron chi connectivity index (χ3n) is 3.78. The SMILES string of the molecule is NCCc1cnc(-c2ccc(CN3CCOCC3)cc2)[nH]1. The lowest BCUT2D eigenvalue weighted by Gasteiger charge is -2.26. The average molecular weight is 286 g/mol. The Morgan fingerprint density at radius 3 is 2.67 bits per heavy atom. The van der Waals surface area contributed by atoms with Crippen molar-refractivity contribution in [2.45, 2.75) is 13.0 Å². The number of nitrogens with two attached hydrogens (primary N) is 1. The van der Waals surface area contributed by atoms with E-state index in [1.165, 1.54) is 5.56 Å². The molecule has 0 saturated carbocycles. The Balaban J connectivity index is 1.65. The molecule has 0 amide bonds. The highest BCUT2D eigenvalue weighted by molar-refractivity contribution is 5.55. The summed E-state index contributed by atoms with van der Waals surface area (Å²) in [7, 11) is 0. The van der Waals surface area contributed by atoms with Crippen LogP contribution < -0.4 is 5.73 Å². The fourth-order valence-corrected chi connectivity index (χ4v) is 2.57. The predicted octanol–water partition coefficient (Wildman–Crippen LogP) is 1.41. The van der Waals surface area contributed by atoms with Crippen molar-refractivity contribution in [1.82, 2.24) is 14.9 Å². The van der Waals surface area contributed by atoms with Gasteiger partial charge in [0.1, 0.15) is 5.82 Å². The van der Waals surface area contributed by atoms with Crippen LogP contribution in [0.3, 0.4) is 0 Å². The van der Waals surface area contributed by atoms with Gasteiger partial charge in [-0.2, -0.15) is 0 Å². The third kappa shape index (κ3) is 3.69. The van der Waals surface area contributed by atoms with Crippen LogP contribution in [0.15, 0.2) is 30.5 Å². The molecule has 1 saturated heterocycles. The van der Waals surface area contributed by atoms with E-state index in [1.54, 1.807) is 0 Å². The van der Waals surface area contributed by atoms with Crippen LogP contribution in [0.4, 0.5) is 0 Å². The molecule has 2 heterocycles. The van der Waals surface area contributed by atoms with E-state index in [0.29, 0.717) is 6.54 Å². The number of aromatic nitrogens is 2. The first-order valence-corrected chi connectivity index (χ1v) is 7.48. The number of hydrogen-bond acceptors (Lipinski definition) is 4. The Kier molecular flexibility index (Phi) is 4.65. The first-order chi connectivity index (χ1) is 10.3. The summed E-state index contributed by atoms with van der Waals surface area (Å²) in [5.74, 6) is 0.913. The summed E-state index contributed by atoms with van der Waals surface area (Å²) in [6.45, 7) is 5.34. The Morgan fingerprint density at radius 2 is 1.95 bits per heavy atom. The van der Waals surface area contributed by atoms with Gasteiger partial charge in [0.2, 0.25) is 0 Å². The molecule has 0 bridgehead atoms. The monoisotopic (exact) mass is 286 g/mol. The number of rotatable bonds is 5. The van der Waals surface area contributed by atoms with Crippen molar-refractivity contribution < 1.29 is 4.74 Å². The second-order valence-corrected chi connectivity index (χ2v) is 5.38. The number of H-pyrrole nitrogens is 1. The molecular formula is C16H22N4O. The number of morpholine rings is 1. The van der Waals surface area contributed by atoms with E-state index in [-0.39, 0.29) is 0 Å². The molecule has 2 aromatic rings. The summed E-state index contributed by atoms with van der Waals surface area (Å²) in [6, 6.07) is 8.60. The number of aromatic amines is 1. The summed E-state index contributed by atoms with van der Waals surface area (Å²) < 4.78 is 5.37. The summed E-state index contributed by atoms with van der Waals surface area (Å²) in [4.78, 5) is 10.1. The summed E-state index contributed by atoms with van der Waals surface area (Å²) >= 11 is 0. The molecule has 1 aliphatic heterocycles. The third-order valence-corrected chi connectivity index (χ3v) is 3.78. The van der Waals surface area contributed by atoms with Crippen molar-refractivity contribution in [3.05, 3.63) is 41.7 Å². The Morgan fingerprint density at radius 1 is 1.19 bits per heavy atom. The molecule has 5 nitrogen and oxygen atoms in total. The summed E-state index contributed by atoms with van der Waals surface area (Å²) in [6.07, 6.45) is 2.70. The Bertz CT molecular complexity index is 558. The zero-order chi connectivity index (χ0) is 14.5. The fourth-order valence-electron chi connectivity index (χ4n) is 2.57. The van der Waals surface area contributed by atoms with E-state index < -0.39 is 0 Å². The highest BCUT2D eigenvalue weighted by atomic mass is 16.5. The van der Waals surface area contributed by atoms with Gasteiger partial charge in [-0.25, -0.2) is 4.98 Å². The van der Waals surface area contributed by atoms with Crippen LogP contribution in [0.1, 0.15) is 11.3 Å². The molecule has 112 valence electrons. The van der Waals surface area contributed by atoms with Gasteiger partial charge in [0.15, 0.2) is 0 Å². The fraction of sp³-hybridized carbons (Fsp3) is 0.438. The molecule has 0 unspecified atom stereocenters. The molecule has 21 heavy (non-hydrogen) atoms. The standard InChI is InChI=1S/C16H22N4O/c17-6-5-15-11-18-16(19-15)14-3-1-13(2-4-14)12-20-7-9-21-10-8-20/h1-4,11H,5-10,12,17H2,(H,18,19). The molecule has 5 heteroatoms. The van der Waals surface area contributed by atoms with Gasteiger partial charge in [-0.05, 0) is 12.1 Å². The minimum atomic E-state index is 0.639. The average Bonchev–Trinajstić information content (AvgIpc) is 2.98. The number of hydrogen-bond donors (Lipinski definition) is 2. The lowest BCUT2D eigenvalue weighted by molar-refractivity contribution is 0.0342. The highest BCUT2D eigenvalue weighted by Crippen LogP contribution is 2.17. The molecule has 1 aliphatic rings. The minimum absolute atomic E-state index is 0.639.